The standard InChI is InChI=1S/C17H30Cl2N6.HI/c1-5-24-6-8-25(9-7-24)13(2)11-21-17(20-3)22-12-14-10-15(18)16(19)23(14)4;/h10,13H,5-9,11-12H2,1-4H3,(H2,20,21,22);1H. The van der Waals surface area contributed by atoms with Crippen LogP contribution in [-0.4, -0.2) is 72.7 Å². The second kappa shape index (κ2) is 11.6. The van der Waals surface area contributed by atoms with Crippen LogP contribution in [0.25, 0.3) is 0 Å². The van der Waals surface area contributed by atoms with Gasteiger partial charge in [0.2, 0.25) is 0 Å². The maximum atomic E-state index is 6.11. The van der Waals surface area contributed by atoms with Crippen LogP contribution in [0.5, 0.6) is 0 Å². The maximum absolute atomic E-state index is 6.11. The maximum Gasteiger partial charge on any atom is 0.191 e. The van der Waals surface area contributed by atoms with E-state index in [1.807, 2.05) is 17.7 Å². The Balaban J connectivity index is 0.00000338. The van der Waals surface area contributed by atoms with Gasteiger partial charge in [0.1, 0.15) is 5.15 Å². The Kier molecular flexibility index (Phi) is 10.6. The molecule has 2 heterocycles. The van der Waals surface area contributed by atoms with Gasteiger partial charge in [-0.1, -0.05) is 30.1 Å². The number of hydrogen-bond acceptors (Lipinski definition) is 3. The summed E-state index contributed by atoms with van der Waals surface area (Å²) in [4.78, 5) is 9.32. The van der Waals surface area contributed by atoms with Gasteiger partial charge in [-0.2, -0.15) is 0 Å². The lowest BCUT2D eigenvalue weighted by molar-refractivity contribution is 0.107. The van der Waals surface area contributed by atoms with Crippen molar-refractivity contribution in [3.8, 4) is 0 Å². The summed E-state index contributed by atoms with van der Waals surface area (Å²) in [7, 11) is 3.68. The van der Waals surface area contributed by atoms with Crippen LogP contribution < -0.4 is 10.6 Å². The fourth-order valence-corrected chi connectivity index (χ4v) is 3.46. The zero-order valence-corrected chi connectivity index (χ0v) is 19.9. The average Bonchev–Trinajstić information content (AvgIpc) is 2.88. The Morgan fingerprint density at radius 1 is 1.23 bits per heavy atom. The van der Waals surface area contributed by atoms with Gasteiger partial charge in [0.25, 0.3) is 0 Å². The topological polar surface area (TPSA) is 47.8 Å². The second-order valence-electron chi connectivity index (χ2n) is 6.46. The first kappa shape index (κ1) is 23.8. The van der Waals surface area contributed by atoms with Crippen LogP contribution in [0, 0.1) is 0 Å². The molecule has 0 saturated carbocycles. The Bertz CT molecular complexity index is 584. The first-order chi connectivity index (χ1) is 12.0. The summed E-state index contributed by atoms with van der Waals surface area (Å²) in [6.45, 7) is 11.7. The molecule has 26 heavy (non-hydrogen) atoms. The van der Waals surface area contributed by atoms with Crippen LogP contribution in [0.4, 0.5) is 0 Å². The molecule has 2 N–H and O–H groups in total. The predicted octanol–water partition coefficient (Wildman–Crippen LogP) is 2.64. The third kappa shape index (κ3) is 6.44. The number of nitrogens with zero attached hydrogens (tertiary/aromatic N) is 4. The first-order valence-corrected chi connectivity index (χ1v) is 9.62. The molecule has 1 saturated heterocycles. The fourth-order valence-electron chi connectivity index (χ4n) is 3.05. The van der Waals surface area contributed by atoms with Crippen molar-refractivity contribution in [1.82, 2.24) is 25.0 Å². The van der Waals surface area contributed by atoms with E-state index in [4.69, 9.17) is 23.2 Å². The summed E-state index contributed by atoms with van der Waals surface area (Å²) in [6.07, 6.45) is 0. The van der Waals surface area contributed by atoms with E-state index in [1.54, 1.807) is 7.05 Å². The highest BCUT2D eigenvalue weighted by Crippen LogP contribution is 2.24. The molecule has 1 aromatic rings. The lowest BCUT2D eigenvalue weighted by Crippen LogP contribution is -2.53. The molecule has 0 amide bonds. The number of aromatic nitrogens is 1. The second-order valence-corrected chi connectivity index (χ2v) is 7.22. The molecule has 1 aromatic heterocycles. The number of piperazine rings is 1. The first-order valence-electron chi connectivity index (χ1n) is 8.86. The normalized spacial score (nSPS) is 17.7. The summed E-state index contributed by atoms with van der Waals surface area (Å²) in [5, 5.41) is 7.86. The Hall–Kier alpha value is -0.220. The summed E-state index contributed by atoms with van der Waals surface area (Å²) >= 11 is 12.2. The van der Waals surface area contributed by atoms with Gasteiger partial charge in [0.05, 0.1) is 11.6 Å². The zero-order valence-electron chi connectivity index (χ0n) is 16.1. The SMILES string of the molecule is CCN1CCN(C(C)CNC(=NC)NCc2cc(Cl)c(Cl)n2C)CC1.I. The van der Waals surface area contributed by atoms with Crippen molar-refractivity contribution in [3.05, 3.63) is 21.9 Å². The van der Waals surface area contributed by atoms with Crippen LogP contribution in [0.3, 0.4) is 0 Å². The molecule has 1 fully saturated rings. The van der Waals surface area contributed by atoms with Gasteiger partial charge in [-0.05, 0) is 19.5 Å². The summed E-state index contributed by atoms with van der Waals surface area (Å²) < 4.78 is 1.88. The zero-order chi connectivity index (χ0) is 18.4. The molecule has 1 aliphatic rings. The van der Waals surface area contributed by atoms with Crippen LogP contribution in [0.1, 0.15) is 19.5 Å². The summed E-state index contributed by atoms with van der Waals surface area (Å²) in [6, 6.07) is 2.34. The molecule has 1 atom stereocenters. The van der Waals surface area contributed by atoms with Crippen LogP contribution >= 0.6 is 47.2 Å². The van der Waals surface area contributed by atoms with Crippen molar-refractivity contribution in [3.63, 3.8) is 0 Å². The highest BCUT2D eigenvalue weighted by molar-refractivity contribution is 14.0. The van der Waals surface area contributed by atoms with Gasteiger partial charge in [-0.15, -0.1) is 24.0 Å². The highest BCUT2D eigenvalue weighted by Gasteiger charge is 2.20. The molecule has 150 valence electrons. The van der Waals surface area contributed by atoms with Gasteiger partial charge < -0.3 is 20.1 Å². The third-order valence-corrected chi connectivity index (χ3v) is 5.76. The molecule has 1 unspecified atom stereocenters. The van der Waals surface area contributed by atoms with Gasteiger partial charge in [-0.25, -0.2) is 0 Å². The molecule has 0 aromatic carbocycles. The van der Waals surface area contributed by atoms with E-state index in [9.17, 15) is 0 Å². The number of likely N-dealkylation sites (N-methyl/N-ethyl adjacent to an activating group) is 1. The van der Waals surface area contributed by atoms with Crippen molar-refractivity contribution in [2.24, 2.45) is 12.0 Å². The van der Waals surface area contributed by atoms with Crippen molar-refractivity contribution >= 4 is 53.1 Å². The highest BCUT2D eigenvalue weighted by atomic mass is 127. The predicted molar refractivity (Wildman–Crippen MR) is 122 cm³/mol. The minimum atomic E-state index is 0. The fraction of sp³-hybridized carbons (Fsp3) is 0.706. The molecule has 0 bridgehead atoms. The van der Waals surface area contributed by atoms with Crippen molar-refractivity contribution in [2.45, 2.75) is 26.4 Å². The summed E-state index contributed by atoms with van der Waals surface area (Å²) in [5.41, 5.74) is 1.02. The van der Waals surface area contributed by atoms with E-state index < -0.39 is 0 Å². The van der Waals surface area contributed by atoms with Crippen LogP contribution in [0.2, 0.25) is 10.2 Å². The van der Waals surface area contributed by atoms with Gasteiger partial charge >= 0.3 is 0 Å². The third-order valence-electron chi connectivity index (χ3n) is 4.92. The monoisotopic (exact) mass is 516 g/mol. The summed E-state index contributed by atoms with van der Waals surface area (Å²) in [5.74, 6) is 0.785. The lowest BCUT2D eigenvalue weighted by atomic mass is 10.2. The van der Waals surface area contributed by atoms with Crippen LogP contribution in [-0.2, 0) is 13.6 Å². The molecule has 0 spiro atoms. The minimum absolute atomic E-state index is 0. The number of halogens is 3. The molecule has 0 radical (unpaired) electrons. The number of hydrogen-bond donors (Lipinski definition) is 2. The molecule has 9 heteroatoms. The Morgan fingerprint density at radius 2 is 1.88 bits per heavy atom. The number of aliphatic imine (C=N–C) groups is 1. The van der Waals surface area contributed by atoms with E-state index in [0.29, 0.717) is 22.8 Å². The molecule has 2 rings (SSSR count). The molecular weight excluding hydrogens is 486 g/mol. The number of guanidine groups is 1. The number of nitrogens with one attached hydrogen (secondary N) is 2. The Morgan fingerprint density at radius 3 is 2.38 bits per heavy atom. The van der Waals surface area contributed by atoms with E-state index in [0.717, 1.165) is 50.9 Å². The molecule has 0 aliphatic carbocycles. The van der Waals surface area contributed by atoms with Crippen molar-refractivity contribution < 1.29 is 0 Å². The molecule has 1 aliphatic heterocycles. The van der Waals surface area contributed by atoms with Gasteiger partial charge in [0.15, 0.2) is 5.96 Å². The quantitative estimate of drug-likeness (QED) is 0.346. The van der Waals surface area contributed by atoms with Crippen LogP contribution in [0.15, 0.2) is 11.1 Å². The molecule has 6 nitrogen and oxygen atoms in total. The average molecular weight is 517 g/mol. The molecular formula is C17H31Cl2IN6. The van der Waals surface area contributed by atoms with E-state index >= 15 is 0 Å². The minimum Gasteiger partial charge on any atom is -0.355 e. The Labute approximate surface area is 184 Å². The van der Waals surface area contributed by atoms with E-state index in [-0.39, 0.29) is 24.0 Å². The van der Waals surface area contributed by atoms with Crippen molar-refractivity contribution in [1.29, 1.82) is 0 Å². The lowest BCUT2D eigenvalue weighted by Gasteiger charge is -2.37. The van der Waals surface area contributed by atoms with E-state index in [2.05, 4.69) is 39.3 Å². The van der Waals surface area contributed by atoms with Gasteiger partial charge in [0, 0.05) is 58.6 Å². The number of rotatable bonds is 6. The largest absolute Gasteiger partial charge is 0.355 e. The van der Waals surface area contributed by atoms with Crippen molar-refractivity contribution in [2.75, 3.05) is 46.3 Å². The van der Waals surface area contributed by atoms with Gasteiger partial charge in [-0.3, -0.25) is 9.89 Å². The smallest absolute Gasteiger partial charge is 0.191 e. The van der Waals surface area contributed by atoms with E-state index in [1.165, 1.54) is 0 Å².